The Labute approximate surface area is 169 Å². The summed E-state index contributed by atoms with van der Waals surface area (Å²) in [5.74, 6) is 1.17. The molecular weight excluding hydrogens is 388 g/mol. The number of ether oxygens (including phenoxy) is 1. The second-order valence-electron chi connectivity index (χ2n) is 6.42. The molecule has 5 aromatic rings. The molecule has 3 aromatic heterocycles. The first-order valence-corrected chi connectivity index (χ1v) is 9.81. The number of rotatable bonds is 5. The first-order valence-electron chi connectivity index (χ1n) is 8.99. The third kappa shape index (κ3) is 3.15. The van der Waals surface area contributed by atoms with Gasteiger partial charge in [0.1, 0.15) is 5.76 Å². The van der Waals surface area contributed by atoms with E-state index in [0.717, 1.165) is 15.6 Å². The highest BCUT2D eigenvalue weighted by molar-refractivity contribution is 7.22. The number of amides is 1. The van der Waals surface area contributed by atoms with Gasteiger partial charge in [-0.1, -0.05) is 35.6 Å². The minimum Gasteiger partial charge on any atom is -0.493 e. The number of furan rings is 2. The van der Waals surface area contributed by atoms with Crippen molar-refractivity contribution in [2.75, 3.05) is 12.0 Å². The highest BCUT2D eigenvalue weighted by Gasteiger charge is 2.26. The number of para-hydroxylation sites is 2. The van der Waals surface area contributed by atoms with E-state index in [1.54, 1.807) is 36.5 Å². The smallest absolute Gasteiger partial charge is 0.296 e. The molecule has 1 amide bonds. The lowest BCUT2D eigenvalue weighted by Crippen LogP contribution is -2.29. The number of benzene rings is 2. The Hall–Kier alpha value is -3.58. The number of aromatic nitrogens is 1. The topological polar surface area (TPSA) is 68.7 Å². The molecule has 0 spiro atoms. The lowest BCUT2D eigenvalue weighted by atomic mass is 10.2. The molecule has 3 heterocycles. The third-order valence-corrected chi connectivity index (χ3v) is 5.65. The number of methoxy groups -OCH3 is 1. The summed E-state index contributed by atoms with van der Waals surface area (Å²) in [6.07, 6.45) is 1.59. The summed E-state index contributed by atoms with van der Waals surface area (Å²) < 4.78 is 17.7. The van der Waals surface area contributed by atoms with Gasteiger partial charge >= 0.3 is 0 Å². The summed E-state index contributed by atoms with van der Waals surface area (Å²) in [6, 6.07) is 18.7. The third-order valence-electron chi connectivity index (χ3n) is 4.59. The van der Waals surface area contributed by atoms with Crippen molar-refractivity contribution in [3.05, 3.63) is 78.4 Å². The van der Waals surface area contributed by atoms with Crippen LogP contribution in [0.2, 0.25) is 0 Å². The summed E-state index contributed by atoms with van der Waals surface area (Å²) in [5.41, 5.74) is 1.39. The molecule has 2 aromatic carbocycles. The van der Waals surface area contributed by atoms with Crippen molar-refractivity contribution in [3.8, 4) is 5.75 Å². The molecule has 5 rings (SSSR count). The highest BCUT2D eigenvalue weighted by Crippen LogP contribution is 2.33. The van der Waals surface area contributed by atoms with Gasteiger partial charge in [0.05, 0.1) is 30.1 Å². The van der Waals surface area contributed by atoms with Crippen LogP contribution in [0.1, 0.15) is 16.3 Å². The number of nitrogens with zero attached hydrogens (tertiary/aromatic N) is 2. The van der Waals surface area contributed by atoms with Crippen LogP contribution < -0.4 is 9.64 Å². The Kier molecular flexibility index (Phi) is 4.29. The summed E-state index contributed by atoms with van der Waals surface area (Å²) in [7, 11) is 1.57. The second kappa shape index (κ2) is 7.10. The van der Waals surface area contributed by atoms with E-state index in [1.807, 2.05) is 42.5 Å². The molecule has 144 valence electrons. The van der Waals surface area contributed by atoms with Crippen LogP contribution in [0.5, 0.6) is 5.75 Å². The van der Waals surface area contributed by atoms with Crippen LogP contribution >= 0.6 is 11.3 Å². The molecule has 0 saturated heterocycles. The van der Waals surface area contributed by atoms with E-state index < -0.39 is 0 Å². The number of fused-ring (bicyclic) bond motifs is 2. The zero-order chi connectivity index (χ0) is 19.8. The van der Waals surface area contributed by atoms with Gasteiger partial charge in [-0.25, -0.2) is 4.98 Å². The van der Waals surface area contributed by atoms with Gasteiger partial charge in [0, 0.05) is 5.39 Å². The minimum absolute atomic E-state index is 0.218. The molecule has 0 saturated carbocycles. The molecule has 0 unspecified atom stereocenters. The fourth-order valence-electron chi connectivity index (χ4n) is 3.20. The van der Waals surface area contributed by atoms with Crippen LogP contribution in [0.15, 0.2) is 75.8 Å². The Morgan fingerprint density at radius 2 is 2.03 bits per heavy atom. The average Bonchev–Trinajstić information content (AvgIpc) is 3.49. The first kappa shape index (κ1) is 17.5. The maximum atomic E-state index is 13.4. The van der Waals surface area contributed by atoms with Gasteiger partial charge in [0.25, 0.3) is 5.91 Å². The van der Waals surface area contributed by atoms with Crippen molar-refractivity contribution < 1.29 is 18.4 Å². The van der Waals surface area contributed by atoms with E-state index in [2.05, 4.69) is 4.98 Å². The van der Waals surface area contributed by atoms with Gasteiger partial charge in [-0.3, -0.25) is 9.69 Å². The van der Waals surface area contributed by atoms with Crippen LogP contribution in [-0.2, 0) is 6.54 Å². The van der Waals surface area contributed by atoms with Gasteiger partial charge in [-0.15, -0.1) is 0 Å². The maximum Gasteiger partial charge on any atom is 0.296 e. The van der Waals surface area contributed by atoms with E-state index >= 15 is 0 Å². The number of anilines is 1. The van der Waals surface area contributed by atoms with Crippen LogP contribution in [0.3, 0.4) is 0 Å². The molecule has 0 aliphatic rings. The zero-order valence-corrected chi connectivity index (χ0v) is 16.3. The van der Waals surface area contributed by atoms with Crippen LogP contribution in [0, 0.1) is 0 Å². The lowest BCUT2D eigenvalue weighted by Gasteiger charge is -2.17. The minimum atomic E-state index is -0.293. The molecule has 29 heavy (non-hydrogen) atoms. The molecule has 6 nitrogen and oxygen atoms in total. The molecule has 0 atom stereocenters. The van der Waals surface area contributed by atoms with Crippen LogP contribution in [0.25, 0.3) is 21.2 Å². The predicted molar refractivity (Wildman–Crippen MR) is 112 cm³/mol. The van der Waals surface area contributed by atoms with Crippen molar-refractivity contribution in [3.63, 3.8) is 0 Å². The van der Waals surface area contributed by atoms with Crippen molar-refractivity contribution in [1.82, 2.24) is 4.98 Å². The maximum absolute atomic E-state index is 13.4. The normalized spacial score (nSPS) is 11.2. The summed E-state index contributed by atoms with van der Waals surface area (Å²) in [6.45, 7) is 0.250. The van der Waals surface area contributed by atoms with E-state index in [0.29, 0.717) is 22.2 Å². The van der Waals surface area contributed by atoms with Gasteiger partial charge in [-0.05, 0) is 36.4 Å². The Morgan fingerprint density at radius 1 is 1.14 bits per heavy atom. The average molecular weight is 404 g/mol. The summed E-state index contributed by atoms with van der Waals surface area (Å²) >= 11 is 1.45. The van der Waals surface area contributed by atoms with E-state index in [-0.39, 0.29) is 18.2 Å². The van der Waals surface area contributed by atoms with Crippen LogP contribution in [0.4, 0.5) is 5.13 Å². The van der Waals surface area contributed by atoms with E-state index in [4.69, 9.17) is 13.6 Å². The number of hydrogen-bond acceptors (Lipinski definition) is 6. The lowest BCUT2D eigenvalue weighted by molar-refractivity contribution is 0.0958. The molecule has 0 radical (unpaired) electrons. The van der Waals surface area contributed by atoms with Crippen molar-refractivity contribution in [2.45, 2.75) is 6.54 Å². The SMILES string of the molecule is COc1cccc2cc(C(=O)N(Cc3ccco3)c3nc4ccccc4s3)oc12. The fourth-order valence-corrected chi connectivity index (χ4v) is 4.16. The van der Waals surface area contributed by atoms with Gasteiger partial charge in [0.2, 0.25) is 0 Å². The van der Waals surface area contributed by atoms with E-state index in [9.17, 15) is 4.79 Å². The van der Waals surface area contributed by atoms with Gasteiger partial charge < -0.3 is 13.6 Å². The summed E-state index contributed by atoms with van der Waals surface area (Å²) in [5, 5.41) is 1.38. The molecule has 7 heteroatoms. The first-order chi connectivity index (χ1) is 14.2. The Balaban J connectivity index is 1.59. The highest BCUT2D eigenvalue weighted by atomic mass is 32.1. The van der Waals surface area contributed by atoms with Gasteiger partial charge in [-0.2, -0.15) is 0 Å². The molecule has 0 fully saturated rings. The zero-order valence-electron chi connectivity index (χ0n) is 15.5. The number of hydrogen-bond donors (Lipinski definition) is 0. The fraction of sp³-hybridized carbons (Fsp3) is 0.0909. The monoisotopic (exact) mass is 404 g/mol. The van der Waals surface area contributed by atoms with Gasteiger partial charge in [0.15, 0.2) is 22.2 Å². The number of thiazole rings is 1. The Bertz CT molecular complexity index is 1270. The largest absolute Gasteiger partial charge is 0.493 e. The quantitative estimate of drug-likeness (QED) is 0.387. The van der Waals surface area contributed by atoms with Crippen molar-refractivity contribution in [2.24, 2.45) is 0 Å². The molecule has 0 N–H and O–H groups in total. The summed E-state index contributed by atoms with van der Waals surface area (Å²) in [4.78, 5) is 19.7. The predicted octanol–water partition coefficient (Wildman–Crippen LogP) is 5.49. The van der Waals surface area contributed by atoms with Crippen LogP contribution in [-0.4, -0.2) is 18.0 Å². The van der Waals surface area contributed by atoms with Crippen molar-refractivity contribution >= 4 is 43.6 Å². The standard InChI is InChI=1S/C22H16N2O4S/c1-26-17-9-4-6-14-12-18(28-20(14)17)21(25)24(13-15-7-5-11-27-15)22-23-16-8-2-3-10-19(16)29-22/h2-12H,13H2,1H3. The molecule has 0 aliphatic carbocycles. The molecule has 0 bridgehead atoms. The molecule has 0 aliphatic heterocycles. The Morgan fingerprint density at radius 3 is 2.83 bits per heavy atom. The number of carbonyl (C=O) groups is 1. The number of carbonyl (C=O) groups excluding carboxylic acids is 1. The van der Waals surface area contributed by atoms with E-state index in [1.165, 1.54) is 11.3 Å². The molecular formula is C22H16N2O4S. The second-order valence-corrected chi connectivity index (χ2v) is 7.43. The van der Waals surface area contributed by atoms with Crippen molar-refractivity contribution in [1.29, 1.82) is 0 Å².